The summed E-state index contributed by atoms with van der Waals surface area (Å²) < 4.78 is 2.57. The number of carbonyl (C=O) groups is 1. The number of nitrogens with one attached hydrogen (secondary N) is 2. The first kappa shape index (κ1) is 19.0. The quantitative estimate of drug-likeness (QED) is 0.530. The summed E-state index contributed by atoms with van der Waals surface area (Å²) in [4.78, 5) is 48.0. The fraction of sp³-hybridized carbons (Fsp3) is 0.100. The van der Waals surface area contributed by atoms with E-state index in [0.717, 1.165) is 22.0 Å². The summed E-state index contributed by atoms with van der Waals surface area (Å²) >= 11 is 0. The Morgan fingerprint density at radius 3 is 2.47 bits per heavy atom. The minimum atomic E-state index is -0.718. The number of anilines is 1. The highest BCUT2D eigenvalue weighted by molar-refractivity contribution is 6.02. The number of aromatic nitrogens is 6. The van der Waals surface area contributed by atoms with Gasteiger partial charge >= 0.3 is 5.69 Å². The normalized spacial score (nSPS) is 10.7. The molecule has 0 radical (unpaired) electrons. The number of nitrogens with zero attached hydrogens (tertiary/aromatic N) is 5. The van der Waals surface area contributed by atoms with Crippen LogP contribution < -0.4 is 16.6 Å². The second-order valence-electron chi connectivity index (χ2n) is 6.55. The molecule has 3 aromatic heterocycles. The minimum Gasteiger partial charge on any atom is -0.305 e. The van der Waals surface area contributed by atoms with Crippen LogP contribution in [-0.2, 0) is 0 Å². The third kappa shape index (κ3) is 3.65. The van der Waals surface area contributed by atoms with Crippen molar-refractivity contribution in [1.29, 1.82) is 0 Å². The number of aromatic amines is 1. The molecule has 4 aromatic rings. The number of aryl methyl sites for hydroxylation is 2. The second-order valence-corrected chi connectivity index (χ2v) is 6.55. The molecule has 0 spiro atoms. The van der Waals surface area contributed by atoms with E-state index in [-0.39, 0.29) is 11.5 Å². The first-order valence-electron chi connectivity index (χ1n) is 9.01. The number of hydrogen-bond donors (Lipinski definition) is 2. The van der Waals surface area contributed by atoms with E-state index in [1.54, 1.807) is 41.1 Å². The van der Waals surface area contributed by atoms with Gasteiger partial charge in [-0.2, -0.15) is 5.10 Å². The predicted octanol–water partition coefficient (Wildman–Crippen LogP) is 1.37. The lowest BCUT2D eigenvalue weighted by Gasteiger charge is -2.08. The van der Waals surface area contributed by atoms with Crippen molar-refractivity contribution in [3.8, 4) is 11.5 Å². The van der Waals surface area contributed by atoms with E-state index in [9.17, 15) is 14.4 Å². The Morgan fingerprint density at radius 2 is 1.80 bits per heavy atom. The Hall–Kier alpha value is -4.34. The molecular formula is C20H17N7O3. The van der Waals surface area contributed by atoms with Crippen molar-refractivity contribution >= 4 is 11.7 Å². The maximum Gasteiger partial charge on any atom is 0.333 e. The largest absolute Gasteiger partial charge is 0.333 e. The van der Waals surface area contributed by atoms with Gasteiger partial charge in [0.25, 0.3) is 11.5 Å². The monoisotopic (exact) mass is 403 g/mol. The van der Waals surface area contributed by atoms with Gasteiger partial charge in [0, 0.05) is 17.8 Å². The standard InChI is InChI=1S/C20H17N7O3/c1-12-8-13(2)27(25-12)17-10-16(21-11-22-17)24-19(29)15-9-18(28)26(20(30)23-15)14-6-4-3-5-7-14/h3-11H,1-2H3,(H,23,30)(H,21,22,24,29). The molecule has 3 heterocycles. The Kier molecular flexibility index (Phi) is 4.80. The molecule has 30 heavy (non-hydrogen) atoms. The van der Waals surface area contributed by atoms with Crippen molar-refractivity contribution in [3.63, 3.8) is 0 Å². The number of hydrogen-bond acceptors (Lipinski definition) is 6. The van der Waals surface area contributed by atoms with Gasteiger partial charge in [-0.05, 0) is 32.0 Å². The van der Waals surface area contributed by atoms with Crippen molar-refractivity contribution in [2.75, 3.05) is 5.32 Å². The predicted molar refractivity (Wildman–Crippen MR) is 109 cm³/mol. The molecule has 0 aliphatic rings. The van der Waals surface area contributed by atoms with E-state index in [2.05, 4.69) is 25.4 Å². The molecule has 150 valence electrons. The van der Waals surface area contributed by atoms with Crippen LogP contribution in [0.25, 0.3) is 11.5 Å². The average Bonchev–Trinajstić information content (AvgIpc) is 3.06. The molecule has 0 saturated heterocycles. The third-order valence-corrected chi connectivity index (χ3v) is 4.31. The zero-order chi connectivity index (χ0) is 21.3. The first-order chi connectivity index (χ1) is 14.4. The molecule has 0 aliphatic carbocycles. The van der Waals surface area contributed by atoms with Gasteiger partial charge in [-0.3, -0.25) is 9.59 Å². The van der Waals surface area contributed by atoms with Crippen LogP contribution in [0, 0.1) is 13.8 Å². The lowest BCUT2D eigenvalue weighted by Crippen LogP contribution is -2.35. The van der Waals surface area contributed by atoms with Crippen LogP contribution in [0.5, 0.6) is 0 Å². The van der Waals surface area contributed by atoms with E-state index in [4.69, 9.17) is 0 Å². The van der Waals surface area contributed by atoms with Crippen molar-refractivity contribution in [1.82, 2.24) is 29.3 Å². The summed E-state index contributed by atoms with van der Waals surface area (Å²) in [5.41, 5.74) is 0.584. The molecule has 0 saturated carbocycles. The number of carbonyl (C=O) groups excluding carboxylic acids is 1. The molecule has 10 heteroatoms. The first-order valence-corrected chi connectivity index (χ1v) is 9.01. The number of para-hydroxylation sites is 1. The molecule has 0 unspecified atom stereocenters. The molecule has 10 nitrogen and oxygen atoms in total. The molecule has 1 aromatic carbocycles. The highest BCUT2D eigenvalue weighted by Gasteiger charge is 2.14. The Balaban J connectivity index is 1.62. The lowest BCUT2D eigenvalue weighted by atomic mass is 10.3. The van der Waals surface area contributed by atoms with Gasteiger partial charge in [-0.25, -0.2) is 24.0 Å². The van der Waals surface area contributed by atoms with Crippen LogP contribution in [0.4, 0.5) is 5.82 Å². The molecule has 0 fully saturated rings. The number of benzene rings is 1. The number of H-pyrrole nitrogens is 1. The topological polar surface area (TPSA) is 128 Å². The van der Waals surface area contributed by atoms with Gasteiger partial charge in [0.05, 0.1) is 11.4 Å². The second kappa shape index (κ2) is 7.59. The van der Waals surface area contributed by atoms with E-state index in [0.29, 0.717) is 11.5 Å². The van der Waals surface area contributed by atoms with Crippen LogP contribution in [0.2, 0.25) is 0 Å². The van der Waals surface area contributed by atoms with E-state index in [1.807, 2.05) is 19.9 Å². The van der Waals surface area contributed by atoms with Gasteiger partial charge in [0.15, 0.2) is 5.82 Å². The van der Waals surface area contributed by atoms with E-state index >= 15 is 0 Å². The van der Waals surface area contributed by atoms with Gasteiger partial charge in [-0.15, -0.1) is 0 Å². The lowest BCUT2D eigenvalue weighted by molar-refractivity contribution is 0.102. The molecular weight excluding hydrogens is 386 g/mol. The van der Waals surface area contributed by atoms with Gasteiger partial charge in [0.1, 0.15) is 17.8 Å². The summed E-state index contributed by atoms with van der Waals surface area (Å²) in [6.07, 6.45) is 1.29. The van der Waals surface area contributed by atoms with Crippen molar-refractivity contribution in [2.45, 2.75) is 13.8 Å². The fourth-order valence-corrected chi connectivity index (χ4v) is 3.01. The van der Waals surface area contributed by atoms with Crippen LogP contribution in [0.3, 0.4) is 0 Å². The van der Waals surface area contributed by atoms with Crippen molar-refractivity contribution in [3.05, 3.63) is 92.8 Å². The number of rotatable bonds is 4. The summed E-state index contributed by atoms with van der Waals surface area (Å²) in [5, 5.41) is 6.90. The maximum absolute atomic E-state index is 12.6. The van der Waals surface area contributed by atoms with Gasteiger partial charge < -0.3 is 10.3 Å². The fourth-order valence-electron chi connectivity index (χ4n) is 3.01. The summed E-state index contributed by atoms with van der Waals surface area (Å²) in [7, 11) is 0. The molecule has 0 atom stereocenters. The van der Waals surface area contributed by atoms with Gasteiger partial charge in [-0.1, -0.05) is 18.2 Å². The van der Waals surface area contributed by atoms with Crippen LogP contribution in [0.1, 0.15) is 21.9 Å². The average molecular weight is 403 g/mol. The Labute approximate surface area is 169 Å². The van der Waals surface area contributed by atoms with Crippen LogP contribution in [-0.4, -0.2) is 35.2 Å². The zero-order valence-electron chi connectivity index (χ0n) is 16.2. The SMILES string of the molecule is Cc1cc(C)n(-c2cc(NC(=O)c3cc(=O)n(-c4ccccc4)c(=O)[nH]3)ncn2)n1. The van der Waals surface area contributed by atoms with E-state index in [1.165, 1.54) is 6.33 Å². The van der Waals surface area contributed by atoms with Crippen molar-refractivity contribution in [2.24, 2.45) is 0 Å². The van der Waals surface area contributed by atoms with Crippen molar-refractivity contribution < 1.29 is 4.79 Å². The highest BCUT2D eigenvalue weighted by atomic mass is 16.2. The molecule has 2 N–H and O–H groups in total. The summed E-state index contributed by atoms with van der Waals surface area (Å²) in [5.74, 6) is -0.00745. The van der Waals surface area contributed by atoms with E-state index < -0.39 is 17.2 Å². The Morgan fingerprint density at radius 1 is 1.03 bits per heavy atom. The zero-order valence-corrected chi connectivity index (χ0v) is 16.2. The molecule has 4 rings (SSSR count). The Bertz CT molecular complexity index is 1320. The smallest absolute Gasteiger partial charge is 0.305 e. The molecule has 1 amide bonds. The molecule has 0 aliphatic heterocycles. The number of amides is 1. The summed E-state index contributed by atoms with van der Waals surface area (Å²) in [6, 6.07) is 12.9. The summed E-state index contributed by atoms with van der Waals surface area (Å²) in [6.45, 7) is 3.74. The minimum absolute atomic E-state index is 0.177. The van der Waals surface area contributed by atoms with Crippen LogP contribution >= 0.6 is 0 Å². The third-order valence-electron chi connectivity index (χ3n) is 4.31. The molecule has 0 bridgehead atoms. The highest BCUT2D eigenvalue weighted by Crippen LogP contribution is 2.12. The van der Waals surface area contributed by atoms with Gasteiger partial charge in [0.2, 0.25) is 0 Å². The van der Waals surface area contributed by atoms with Crippen LogP contribution in [0.15, 0.2) is 64.4 Å². The maximum atomic E-state index is 12.6.